The minimum Gasteiger partial charge on any atom is -0.490 e. The number of hydrogen-bond donors (Lipinski definition) is 0. The van der Waals surface area contributed by atoms with Crippen LogP contribution >= 0.6 is 34.8 Å². The van der Waals surface area contributed by atoms with Crippen LogP contribution in [0.1, 0.15) is 37.2 Å². The van der Waals surface area contributed by atoms with E-state index in [1.165, 1.54) is 0 Å². The standard InChI is InChI=1S/C22H22Cl3NO2/c1-14-11-20(26-28-14)15-5-7-16(8-6-15)22(2,3)17-12-18(24)21(19(25)13-17)27-10-4-9-23/h5-8,11-13H,4,9-10H2,1-3H3. The number of ether oxygens (including phenoxy) is 1. The molecule has 0 bridgehead atoms. The topological polar surface area (TPSA) is 35.3 Å². The normalized spacial score (nSPS) is 11.6. The van der Waals surface area contributed by atoms with E-state index in [0.29, 0.717) is 28.3 Å². The van der Waals surface area contributed by atoms with Gasteiger partial charge in [0.15, 0.2) is 5.75 Å². The molecular formula is C22H22Cl3NO2. The lowest BCUT2D eigenvalue weighted by Crippen LogP contribution is -2.19. The molecule has 0 N–H and O–H groups in total. The lowest BCUT2D eigenvalue weighted by atomic mass is 9.78. The van der Waals surface area contributed by atoms with Gasteiger partial charge in [0.25, 0.3) is 0 Å². The van der Waals surface area contributed by atoms with Crippen LogP contribution in [0.15, 0.2) is 47.0 Å². The average Bonchev–Trinajstić information content (AvgIpc) is 3.10. The highest BCUT2D eigenvalue weighted by molar-refractivity contribution is 6.37. The van der Waals surface area contributed by atoms with Crippen molar-refractivity contribution >= 4 is 34.8 Å². The second-order valence-electron chi connectivity index (χ2n) is 7.19. The molecule has 0 fully saturated rings. The Kier molecular flexibility index (Phi) is 6.59. The van der Waals surface area contributed by atoms with E-state index < -0.39 is 0 Å². The Morgan fingerprint density at radius 3 is 2.18 bits per heavy atom. The van der Waals surface area contributed by atoms with Crippen molar-refractivity contribution in [2.24, 2.45) is 0 Å². The molecule has 3 aromatic rings. The van der Waals surface area contributed by atoms with Crippen molar-refractivity contribution in [2.75, 3.05) is 12.5 Å². The Morgan fingerprint density at radius 1 is 1.00 bits per heavy atom. The number of aromatic nitrogens is 1. The van der Waals surface area contributed by atoms with Gasteiger partial charge in [-0.15, -0.1) is 11.6 Å². The number of rotatable bonds is 7. The Bertz CT molecular complexity index is 926. The first-order chi connectivity index (χ1) is 13.3. The summed E-state index contributed by atoms with van der Waals surface area (Å²) in [5, 5.41) is 5.07. The summed E-state index contributed by atoms with van der Waals surface area (Å²) in [6.07, 6.45) is 0.735. The quantitative estimate of drug-likeness (QED) is 0.287. The molecule has 0 saturated heterocycles. The predicted molar refractivity (Wildman–Crippen MR) is 116 cm³/mol. The minimum atomic E-state index is -0.291. The van der Waals surface area contributed by atoms with Gasteiger partial charge in [-0.25, -0.2) is 0 Å². The number of halogens is 3. The summed E-state index contributed by atoms with van der Waals surface area (Å²) in [5.41, 5.74) is 3.69. The van der Waals surface area contributed by atoms with E-state index in [1.807, 2.05) is 37.3 Å². The molecule has 1 heterocycles. The van der Waals surface area contributed by atoms with E-state index in [-0.39, 0.29) is 5.41 Å². The summed E-state index contributed by atoms with van der Waals surface area (Å²) in [6.45, 7) is 6.63. The van der Waals surface area contributed by atoms with Gasteiger partial charge in [0, 0.05) is 22.9 Å². The van der Waals surface area contributed by atoms with E-state index in [0.717, 1.165) is 34.6 Å². The van der Waals surface area contributed by atoms with Gasteiger partial charge in [-0.2, -0.15) is 0 Å². The lowest BCUT2D eigenvalue weighted by Gasteiger charge is -2.27. The van der Waals surface area contributed by atoms with E-state index >= 15 is 0 Å². The van der Waals surface area contributed by atoms with Gasteiger partial charge >= 0.3 is 0 Å². The summed E-state index contributed by atoms with van der Waals surface area (Å²) in [4.78, 5) is 0. The zero-order chi connectivity index (χ0) is 20.3. The summed E-state index contributed by atoms with van der Waals surface area (Å²) >= 11 is 18.6. The maximum Gasteiger partial charge on any atom is 0.156 e. The number of benzene rings is 2. The molecule has 0 saturated carbocycles. The van der Waals surface area contributed by atoms with Gasteiger partial charge in [-0.1, -0.05) is 66.5 Å². The number of aryl methyl sites for hydroxylation is 1. The molecule has 2 aromatic carbocycles. The van der Waals surface area contributed by atoms with Crippen molar-refractivity contribution < 1.29 is 9.26 Å². The van der Waals surface area contributed by atoms with Crippen LogP contribution in [0.3, 0.4) is 0 Å². The average molecular weight is 439 g/mol. The SMILES string of the molecule is Cc1cc(-c2ccc(C(C)(C)c3cc(Cl)c(OCCCCl)c(Cl)c3)cc2)no1. The van der Waals surface area contributed by atoms with Gasteiger partial charge in [0.1, 0.15) is 11.5 Å². The van der Waals surface area contributed by atoms with Crippen LogP contribution in [-0.4, -0.2) is 17.6 Å². The molecule has 3 rings (SSSR count). The largest absolute Gasteiger partial charge is 0.490 e. The van der Waals surface area contributed by atoms with Gasteiger partial charge in [0.05, 0.1) is 16.7 Å². The summed E-state index contributed by atoms with van der Waals surface area (Å²) in [5.74, 6) is 1.83. The summed E-state index contributed by atoms with van der Waals surface area (Å²) < 4.78 is 10.8. The van der Waals surface area contributed by atoms with Gasteiger partial charge in [-0.05, 0) is 36.6 Å². The maximum absolute atomic E-state index is 6.45. The van der Waals surface area contributed by atoms with Crippen LogP contribution in [0.25, 0.3) is 11.3 Å². The Labute approximate surface area is 180 Å². The third kappa shape index (κ3) is 4.48. The number of nitrogens with zero attached hydrogens (tertiary/aromatic N) is 1. The molecule has 0 aliphatic carbocycles. The minimum absolute atomic E-state index is 0.291. The highest BCUT2D eigenvalue weighted by Crippen LogP contribution is 2.40. The Hall–Kier alpha value is -1.68. The smallest absolute Gasteiger partial charge is 0.156 e. The molecule has 0 atom stereocenters. The Balaban J connectivity index is 1.87. The summed E-state index contributed by atoms with van der Waals surface area (Å²) in [7, 11) is 0. The van der Waals surface area contributed by atoms with E-state index in [9.17, 15) is 0 Å². The number of hydrogen-bond acceptors (Lipinski definition) is 3. The molecule has 0 amide bonds. The van der Waals surface area contributed by atoms with Crippen molar-refractivity contribution in [3.05, 3.63) is 69.4 Å². The Morgan fingerprint density at radius 2 is 1.64 bits per heavy atom. The van der Waals surface area contributed by atoms with E-state index in [1.54, 1.807) is 0 Å². The first kappa shape index (κ1) is 21.0. The van der Waals surface area contributed by atoms with Crippen molar-refractivity contribution in [1.82, 2.24) is 5.16 Å². The van der Waals surface area contributed by atoms with Crippen LogP contribution in [0.5, 0.6) is 5.75 Å². The first-order valence-corrected chi connectivity index (χ1v) is 10.3. The zero-order valence-electron chi connectivity index (χ0n) is 16.1. The molecule has 0 radical (unpaired) electrons. The third-order valence-electron chi connectivity index (χ3n) is 4.77. The van der Waals surface area contributed by atoms with E-state index in [2.05, 4.69) is 31.1 Å². The molecular weight excluding hydrogens is 417 g/mol. The maximum atomic E-state index is 6.45. The van der Waals surface area contributed by atoms with Crippen LogP contribution in [-0.2, 0) is 5.41 Å². The third-order valence-corrected chi connectivity index (χ3v) is 5.60. The fourth-order valence-electron chi connectivity index (χ4n) is 3.01. The molecule has 28 heavy (non-hydrogen) atoms. The van der Waals surface area contributed by atoms with Gasteiger partial charge in [-0.3, -0.25) is 0 Å². The van der Waals surface area contributed by atoms with Crippen LogP contribution < -0.4 is 4.74 Å². The highest BCUT2D eigenvalue weighted by atomic mass is 35.5. The molecule has 0 unspecified atom stereocenters. The van der Waals surface area contributed by atoms with Gasteiger partial charge < -0.3 is 9.26 Å². The lowest BCUT2D eigenvalue weighted by molar-refractivity contribution is 0.318. The molecule has 6 heteroatoms. The fourth-order valence-corrected chi connectivity index (χ4v) is 3.72. The molecule has 1 aromatic heterocycles. The molecule has 148 valence electrons. The molecule has 0 aliphatic heterocycles. The second kappa shape index (κ2) is 8.77. The van der Waals surface area contributed by atoms with Crippen LogP contribution in [0, 0.1) is 6.92 Å². The van der Waals surface area contributed by atoms with Crippen molar-refractivity contribution in [3.63, 3.8) is 0 Å². The first-order valence-electron chi connectivity index (χ1n) is 9.05. The molecule has 3 nitrogen and oxygen atoms in total. The van der Waals surface area contributed by atoms with Crippen molar-refractivity contribution in [2.45, 2.75) is 32.6 Å². The van der Waals surface area contributed by atoms with Crippen LogP contribution in [0.4, 0.5) is 0 Å². The predicted octanol–water partition coefficient (Wildman–Crippen LogP) is 7.29. The fraction of sp³-hybridized carbons (Fsp3) is 0.318. The van der Waals surface area contributed by atoms with E-state index in [4.69, 9.17) is 44.1 Å². The molecule has 0 spiro atoms. The second-order valence-corrected chi connectivity index (χ2v) is 8.38. The highest BCUT2D eigenvalue weighted by Gasteiger charge is 2.25. The summed E-state index contributed by atoms with van der Waals surface area (Å²) in [6, 6.07) is 14.0. The zero-order valence-corrected chi connectivity index (χ0v) is 18.3. The number of alkyl halides is 1. The van der Waals surface area contributed by atoms with Crippen molar-refractivity contribution in [1.29, 1.82) is 0 Å². The monoisotopic (exact) mass is 437 g/mol. The van der Waals surface area contributed by atoms with Crippen LogP contribution in [0.2, 0.25) is 10.0 Å². The van der Waals surface area contributed by atoms with Gasteiger partial charge in [0.2, 0.25) is 0 Å². The van der Waals surface area contributed by atoms with Crippen molar-refractivity contribution in [3.8, 4) is 17.0 Å². The molecule has 0 aliphatic rings.